The topological polar surface area (TPSA) is 28.7 Å². The Bertz CT molecular complexity index is 1230. The van der Waals surface area contributed by atoms with Crippen LogP contribution in [-0.2, 0) is 0 Å². The molecule has 2 nitrogen and oxygen atoms in total. The number of hydrogen-bond acceptors (Lipinski definition) is 1. The molecule has 110 valence electrons. The lowest BCUT2D eigenvalue weighted by Gasteiger charge is -2.08. The molecule has 1 N–H and O–H groups in total. The molecule has 0 saturated carbocycles. The Balaban J connectivity index is 2.07. The van der Waals surface area contributed by atoms with E-state index in [-0.39, 0.29) is 0 Å². The fourth-order valence-corrected chi connectivity index (χ4v) is 3.70. The molecule has 5 aromatic rings. The van der Waals surface area contributed by atoms with Crippen molar-refractivity contribution in [2.75, 3.05) is 0 Å². The van der Waals surface area contributed by atoms with Gasteiger partial charge in [0.25, 0.3) is 0 Å². The average molecular weight is 296 g/mol. The molecule has 0 amide bonds. The highest BCUT2D eigenvalue weighted by Gasteiger charge is 2.13. The summed E-state index contributed by atoms with van der Waals surface area (Å²) in [6, 6.07) is 19.3. The number of hydrogen-bond donors (Lipinski definition) is 1. The molecule has 0 atom stereocenters. The maximum atomic E-state index is 4.96. The summed E-state index contributed by atoms with van der Waals surface area (Å²) in [5.74, 6) is 0. The monoisotopic (exact) mass is 296 g/mol. The van der Waals surface area contributed by atoms with Crippen LogP contribution in [0.3, 0.4) is 0 Å². The van der Waals surface area contributed by atoms with Crippen LogP contribution in [0.1, 0.15) is 11.1 Å². The third-order valence-corrected chi connectivity index (χ3v) is 4.92. The van der Waals surface area contributed by atoms with Crippen molar-refractivity contribution in [3.8, 4) is 0 Å². The second-order valence-electron chi connectivity index (χ2n) is 6.26. The molecule has 2 aromatic heterocycles. The maximum Gasteiger partial charge on any atom is 0.0957 e. The molecule has 0 aliphatic rings. The molecular formula is C21H16N2. The van der Waals surface area contributed by atoms with E-state index in [2.05, 4.69) is 73.4 Å². The summed E-state index contributed by atoms with van der Waals surface area (Å²) in [5, 5.41) is 4.98. The van der Waals surface area contributed by atoms with E-state index in [1.807, 2.05) is 0 Å². The summed E-state index contributed by atoms with van der Waals surface area (Å²) in [6.07, 6.45) is 0. The van der Waals surface area contributed by atoms with Gasteiger partial charge in [0, 0.05) is 27.1 Å². The third-order valence-electron chi connectivity index (χ3n) is 4.92. The van der Waals surface area contributed by atoms with Gasteiger partial charge in [-0.05, 0) is 31.0 Å². The summed E-state index contributed by atoms with van der Waals surface area (Å²) < 4.78 is 0. The lowest BCUT2D eigenvalue weighted by Crippen LogP contribution is -1.88. The summed E-state index contributed by atoms with van der Waals surface area (Å²) >= 11 is 0. The number of aromatic amines is 1. The van der Waals surface area contributed by atoms with Crippen LogP contribution in [0.5, 0.6) is 0 Å². The predicted molar refractivity (Wildman–Crippen MR) is 98.1 cm³/mol. The number of nitrogens with zero attached hydrogens (tertiary/aromatic N) is 1. The van der Waals surface area contributed by atoms with Crippen molar-refractivity contribution in [3.63, 3.8) is 0 Å². The first-order valence-corrected chi connectivity index (χ1v) is 7.93. The molecule has 0 bridgehead atoms. The number of aromatic nitrogens is 2. The van der Waals surface area contributed by atoms with Crippen LogP contribution >= 0.6 is 0 Å². The smallest absolute Gasteiger partial charge is 0.0957 e. The first kappa shape index (κ1) is 12.7. The Kier molecular flexibility index (Phi) is 2.38. The quantitative estimate of drug-likeness (QED) is 0.368. The molecule has 0 fully saturated rings. The van der Waals surface area contributed by atoms with E-state index in [1.165, 1.54) is 32.7 Å². The van der Waals surface area contributed by atoms with Gasteiger partial charge in [-0.2, -0.15) is 0 Å². The number of pyridine rings is 1. The van der Waals surface area contributed by atoms with Crippen LogP contribution < -0.4 is 0 Å². The third kappa shape index (κ3) is 1.61. The Morgan fingerprint density at radius 2 is 1.43 bits per heavy atom. The van der Waals surface area contributed by atoms with Crippen molar-refractivity contribution in [2.45, 2.75) is 13.8 Å². The van der Waals surface area contributed by atoms with Gasteiger partial charge < -0.3 is 4.98 Å². The molecule has 0 spiro atoms. The normalized spacial score (nSPS) is 11.9. The van der Waals surface area contributed by atoms with E-state index in [0.717, 1.165) is 22.1 Å². The highest BCUT2D eigenvalue weighted by molar-refractivity contribution is 6.18. The van der Waals surface area contributed by atoms with Gasteiger partial charge in [0.05, 0.1) is 16.6 Å². The van der Waals surface area contributed by atoms with Crippen LogP contribution in [0.15, 0.2) is 54.6 Å². The SMILES string of the molecule is Cc1c2ccccc2[nH]c2c1ccc1c3cccc(C)c3nc12. The second-order valence-corrected chi connectivity index (χ2v) is 6.26. The van der Waals surface area contributed by atoms with Gasteiger partial charge >= 0.3 is 0 Å². The molecule has 0 saturated heterocycles. The van der Waals surface area contributed by atoms with Gasteiger partial charge in [0.15, 0.2) is 0 Å². The summed E-state index contributed by atoms with van der Waals surface area (Å²) in [6.45, 7) is 4.32. The molecule has 2 heteroatoms. The van der Waals surface area contributed by atoms with Gasteiger partial charge in [-0.25, -0.2) is 4.98 Å². The average Bonchev–Trinajstić information content (AvgIpc) is 2.96. The Labute approximate surface area is 133 Å². The summed E-state index contributed by atoms with van der Waals surface area (Å²) in [7, 11) is 0. The van der Waals surface area contributed by atoms with Crippen molar-refractivity contribution in [1.82, 2.24) is 9.97 Å². The Morgan fingerprint density at radius 1 is 0.696 bits per heavy atom. The van der Waals surface area contributed by atoms with E-state index >= 15 is 0 Å². The lowest BCUT2D eigenvalue weighted by molar-refractivity contribution is 1.43. The highest BCUT2D eigenvalue weighted by Crippen LogP contribution is 2.34. The van der Waals surface area contributed by atoms with E-state index in [4.69, 9.17) is 4.98 Å². The number of H-pyrrole nitrogens is 1. The molecule has 0 aliphatic carbocycles. The fraction of sp³-hybridized carbons (Fsp3) is 0.0952. The Morgan fingerprint density at radius 3 is 2.35 bits per heavy atom. The van der Waals surface area contributed by atoms with Crippen molar-refractivity contribution < 1.29 is 0 Å². The van der Waals surface area contributed by atoms with Gasteiger partial charge in [0.1, 0.15) is 0 Å². The number of rotatable bonds is 0. The summed E-state index contributed by atoms with van der Waals surface area (Å²) in [5.41, 5.74) is 7.00. The second kappa shape index (κ2) is 4.32. The maximum absolute atomic E-state index is 4.96. The number of benzene rings is 3. The zero-order valence-corrected chi connectivity index (χ0v) is 13.1. The number of fused-ring (bicyclic) bond motifs is 6. The largest absolute Gasteiger partial charge is 0.353 e. The van der Waals surface area contributed by atoms with Crippen LogP contribution in [0, 0.1) is 13.8 Å². The molecule has 0 radical (unpaired) electrons. The number of para-hydroxylation sites is 2. The van der Waals surface area contributed by atoms with E-state index in [0.29, 0.717) is 0 Å². The van der Waals surface area contributed by atoms with Gasteiger partial charge in [0.2, 0.25) is 0 Å². The zero-order chi connectivity index (χ0) is 15.6. The predicted octanol–water partition coefficient (Wildman–Crippen LogP) is 5.64. The van der Waals surface area contributed by atoms with Gasteiger partial charge in [-0.1, -0.05) is 48.5 Å². The van der Waals surface area contributed by atoms with Gasteiger partial charge in [-0.15, -0.1) is 0 Å². The minimum absolute atomic E-state index is 1.07. The molecule has 5 rings (SSSR count). The molecule has 2 heterocycles. The van der Waals surface area contributed by atoms with Crippen molar-refractivity contribution >= 4 is 43.6 Å². The molecular weight excluding hydrogens is 280 g/mol. The Hall–Kier alpha value is -2.87. The van der Waals surface area contributed by atoms with Crippen molar-refractivity contribution in [1.29, 1.82) is 0 Å². The number of nitrogens with one attached hydrogen (secondary N) is 1. The van der Waals surface area contributed by atoms with E-state index in [9.17, 15) is 0 Å². The molecule has 23 heavy (non-hydrogen) atoms. The number of aryl methyl sites for hydroxylation is 2. The zero-order valence-electron chi connectivity index (χ0n) is 13.1. The van der Waals surface area contributed by atoms with Gasteiger partial charge in [-0.3, -0.25) is 0 Å². The highest BCUT2D eigenvalue weighted by atomic mass is 14.8. The van der Waals surface area contributed by atoms with Crippen molar-refractivity contribution in [3.05, 3.63) is 65.7 Å². The molecule has 0 unspecified atom stereocenters. The van der Waals surface area contributed by atoms with E-state index in [1.54, 1.807) is 0 Å². The van der Waals surface area contributed by atoms with Crippen LogP contribution in [0.2, 0.25) is 0 Å². The summed E-state index contributed by atoms with van der Waals surface area (Å²) in [4.78, 5) is 8.57. The molecule has 0 aliphatic heterocycles. The molecule has 3 aromatic carbocycles. The van der Waals surface area contributed by atoms with Crippen LogP contribution in [-0.4, -0.2) is 9.97 Å². The van der Waals surface area contributed by atoms with Crippen LogP contribution in [0.4, 0.5) is 0 Å². The minimum atomic E-state index is 1.07. The minimum Gasteiger partial charge on any atom is -0.353 e. The van der Waals surface area contributed by atoms with Crippen molar-refractivity contribution in [2.24, 2.45) is 0 Å². The standard InChI is InChI=1S/C21H16N2/c1-12-6-5-8-16-17-11-10-15-13(2)14-7-3-4-9-18(14)22-20(15)21(17)23-19(12)16/h3-11,22H,1-2H3. The lowest BCUT2D eigenvalue weighted by atomic mass is 10.0. The first-order valence-electron chi connectivity index (χ1n) is 7.93. The van der Waals surface area contributed by atoms with Crippen LogP contribution in [0.25, 0.3) is 43.6 Å². The first-order chi connectivity index (χ1) is 11.2. The van der Waals surface area contributed by atoms with E-state index < -0.39 is 0 Å². The fourth-order valence-electron chi connectivity index (χ4n) is 3.70.